The van der Waals surface area contributed by atoms with Crippen molar-refractivity contribution in [3.63, 3.8) is 0 Å². The Balaban J connectivity index is 2.05. The molecule has 0 N–H and O–H groups in total. The van der Waals surface area contributed by atoms with E-state index in [-0.39, 0.29) is 24.7 Å². The van der Waals surface area contributed by atoms with Gasteiger partial charge in [0.25, 0.3) is 5.91 Å². The molecule has 0 atom stereocenters. The van der Waals surface area contributed by atoms with Crippen LogP contribution in [0.1, 0.15) is 5.56 Å². The number of thiazole rings is 1. The number of terminal acetylenes is 1. The number of fused-ring (bicyclic) bond motifs is 1. The fourth-order valence-electron chi connectivity index (χ4n) is 2.65. The topological polar surface area (TPSA) is 52.8 Å². The van der Waals surface area contributed by atoms with E-state index in [9.17, 15) is 9.18 Å². The van der Waals surface area contributed by atoms with Crippen molar-refractivity contribution in [2.24, 2.45) is 4.99 Å². The van der Waals surface area contributed by atoms with Crippen LogP contribution in [0, 0.1) is 18.2 Å². The predicted molar refractivity (Wildman–Crippen MR) is 102 cm³/mol. The van der Waals surface area contributed by atoms with E-state index >= 15 is 0 Å². The van der Waals surface area contributed by atoms with Gasteiger partial charge in [0.15, 0.2) is 16.3 Å². The SMILES string of the molecule is C#CCn1c(=NC(=O)Cc2ccc(F)cc2)sc2cc(OC)c(OC)cc21. The van der Waals surface area contributed by atoms with E-state index in [0.717, 1.165) is 10.2 Å². The molecule has 0 bridgehead atoms. The zero-order valence-electron chi connectivity index (χ0n) is 14.9. The van der Waals surface area contributed by atoms with Crippen molar-refractivity contribution in [2.45, 2.75) is 13.0 Å². The third-order valence-corrected chi connectivity index (χ3v) is 4.97. The maximum absolute atomic E-state index is 13.0. The monoisotopic (exact) mass is 384 g/mol. The highest BCUT2D eigenvalue weighted by Gasteiger charge is 2.13. The Labute approximate surface area is 159 Å². The molecule has 3 rings (SSSR count). The fourth-order valence-corrected chi connectivity index (χ4v) is 3.71. The molecule has 0 fully saturated rings. The molecule has 0 saturated carbocycles. The number of halogens is 1. The summed E-state index contributed by atoms with van der Waals surface area (Å²) in [6.45, 7) is 0.262. The minimum Gasteiger partial charge on any atom is -0.493 e. The van der Waals surface area contributed by atoms with E-state index in [4.69, 9.17) is 15.9 Å². The van der Waals surface area contributed by atoms with Crippen molar-refractivity contribution in [1.29, 1.82) is 0 Å². The molecule has 0 aliphatic rings. The Kier molecular flexibility index (Phi) is 5.57. The number of nitrogens with zero attached hydrogens (tertiary/aromatic N) is 2. The summed E-state index contributed by atoms with van der Waals surface area (Å²) in [6.07, 6.45) is 5.57. The van der Waals surface area contributed by atoms with Crippen molar-refractivity contribution in [1.82, 2.24) is 4.57 Å². The predicted octanol–water partition coefficient (Wildman–Crippen LogP) is 3.16. The summed E-state index contributed by atoms with van der Waals surface area (Å²) in [5.74, 6) is 3.06. The first-order valence-corrected chi connectivity index (χ1v) is 8.88. The van der Waals surface area contributed by atoms with Crippen LogP contribution in [0.3, 0.4) is 0 Å². The third kappa shape index (κ3) is 4.01. The van der Waals surface area contributed by atoms with E-state index in [1.54, 1.807) is 30.9 Å². The van der Waals surface area contributed by atoms with E-state index in [2.05, 4.69) is 10.9 Å². The molecule has 0 aliphatic carbocycles. The first-order chi connectivity index (χ1) is 13.0. The second-order valence-electron chi connectivity index (χ2n) is 5.66. The number of ether oxygens (including phenoxy) is 2. The lowest BCUT2D eigenvalue weighted by Crippen LogP contribution is -2.17. The van der Waals surface area contributed by atoms with E-state index in [1.807, 2.05) is 12.1 Å². The van der Waals surface area contributed by atoms with Gasteiger partial charge in [0.05, 0.1) is 37.4 Å². The molecule has 7 heteroatoms. The van der Waals surface area contributed by atoms with Crippen LogP contribution in [0.5, 0.6) is 11.5 Å². The minimum atomic E-state index is -0.345. The molecule has 0 unspecified atom stereocenters. The maximum atomic E-state index is 13.0. The molecule has 27 heavy (non-hydrogen) atoms. The van der Waals surface area contributed by atoms with Crippen LogP contribution in [-0.2, 0) is 17.8 Å². The largest absolute Gasteiger partial charge is 0.493 e. The number of aromatic nitrogens is 1. The van der Waals surface area contributed by atoms with Crippen molar-refractivity contribution in [3.8, 4) is 23.8 Å². The highest BCUT2D eigenvalue weighted by atomic mass is 32.1. The molecule has 138 valence electrons. The van der Waals surface area contributed by atoms with E-state index in [0.29, 0.717) is 21.9 Å². The second kappa shape index (κ2) is 8.06. The molecular formula is C20H17FN2O3S. The lowest BCUT2D eigenvalue weighted by Gasteiger charge is -2.08. The summed E-state index contributed by atoms with van der Waals surface area (Å²) in [5.41, 5.74) is 1.50. The molecular weight excluding hydrogens is 367 g/mol. The summed E-state index contributed by atoms with van der Waals surface area (Å²) < 4.78 is 26.3. The van der Waals surface area contributed by atoms with Crippen LogP contribution in [0.2, 0.25) is 0 Å². The maximum Gasteiger partial charge on any atom is 0.252 e. The molecule has 1 aromatic heterocycles. The van der Waals surface area contributed by atoms with Crippen LogP contribution in [0.15, 0.2) is 41.4 Å². The number of rotatable bonds is 5. The number of methoxy groups -OCH3 is 2. The summed E-state index contributed by atoms with van der Waals surface area (Å²) >= 11 is 1.34. The fraction of sp³-hybridized carbons (Fsp3) is 0.200. The van der Waals surface area contributed by atoms with Gasteiger partial charge in [0.1, 0.15) is 5.82 Å². The van der Waals surface area contributed by atoms with E-state index < -0.39 is 0 Å². The van der Waals surface area contributed by atoms with E-state index in [1.165, 1.54) is 23.5 Å². The Morgan fingerprint density at radius 3 is 2.52 bits per heavy atom. The van der Waals surface area contributed by atoms with Gasteiger partial charge >= 0.3 is 0 Å². The Bertz CT molecular complexity index is 1090. The van der Waals surface area contributed by atoms with Crippen molar-refractivity contribution < 1.29 is 18.7 Å². The molecule has 1 heterocycles. The third-order valence-electron chi connectivity index (χ3n) is 3.93. The van der Waals surface area contributed by atoms with Gasteiger partial charge in [-0.2, -0.15) is 4.99 Å². The van der Waals surface area contributed by atoms with Crippen molar-refractivity contribution in [3.05, 3.63) is 52.6 Å². The lowest BCUT2D eigenvalue weighted by molar-refractivity contribution is -0.117. The Morgan fingerprint density at radius 1 is 1.22 bits per heavy atom. The standard InChI is InChI=1S/C20H17FN2O3S/c1-4-9-23-15-11-16(25-2)17(26-3)12-18(15)27-20(23)22-19(24)10-13-5-7-14(21)8-6-13/h1,5-8,11-12H,9-10H2,2-3H3. The normalized spacial score (nSPS) is 11.4. The van der Waals surface area contributed by atoms with Gasteiger partial charge in [0.2, 0.25) is 0 Å². The Morgan fingerprint density at radius 2 is 1.89 bits per heavy atom. The molecule has 2 aromatic carbocycles. The van der Waals surface area contributed by atoms with Crippen LogP contribution < -0.4 is 14.3 Å². The van der Waals surface area contributed by atoms with Crippen LogP contribution >= 0.6 is 11.3 Å². The molecule has 1 amide bonds. The molecule has 0 radical (unpaired) electrons. The number of hydrogen-bond donors (Lipinski definition) is 0. The average Bonchev–Trinajstić information content (AvgIpc) is 2.98. The summed E-state index contributed by atoms with van der Waals surface area (Å²) in [6, 6.07) is 9.41. The van der Waals surface area contributed by atoms with Crippen molar-refractivity contribution in [2.75, 3.05) is 14.2 Å². The van der Waals surface area contributed by atoms with Gasteiger partial charge in [-0.1, -0.05) is 29.4 Å². The highest BCUT2D eigenvalue weighted by molar-refractivity contribution is 7.16. The lowest BCUT2D eigenvalue weighted by atomic mass is 10.1. The highest BCUT2D eigenvalue weighted by Crippen LogP contribution is 2.33. The second-order valence-corrected chi connectivity index (χ2v) is 6.67. The number of amides is 1. The minimum absolute atomic E-state index is 0.0806. The number of carbonyl (C=O) groups is 1. The van der Waals surface area contributed by atoms with Crippen molar-refractivity contribution >= 4 is 27.5 Å². The average molecular weight is 384 g/mol. The van der Waals surface area contributed by atoms with Crippen LogP contribution in [0.4, 0.5) is 4.39 Å². The molecule has 5 nitrogen and oxygen atoms in total. The van der Waals surface area contributed by atoms with Crippen LogP contribution in [-0.4, -0.2) is 24.7 Å². The summed E-state index contributed by atoms with van der Waals surface area (Å²) in [4.78, 5) is 17.1. The Hall–Kier alpha value is -3.11. The molecule has 0 spiro atoms. The van der Waals surface area contributed by atoms with Crippen LogP contribution in [0.25, 0.3) is 10.2 Å². The van der Waals surface area contributed by atoms with Gasteiger partial charge in [-0.25, -0.2) is 4.39 Å². The van der Waals surface area contributed by atoms with Gasteiger partial charge < -0.3 is 14.0 Å². The number of benzene rings is 2. The zero-order valence-corrected chi connectivity index (χ0v) is 15.7. The number of carbonyl (C=O) groups excluding carboxylic acids is 1. The summed E-state index contributed by atoms with van der Waals surface area (Å²) in [5, 5.41) is 0. The van der Waals surface area contributed by atoms with Gasteiger partial charge in [0, 0.05) is 12.1 Å². The van der Waals surface area contributed by atoms with Gasteiger partial charge in [-0.05, 0) is 17.7 Å². The zero-order chi connectivity index (χ0) is 19.4. The summed E-state index contributed by atoms with van der Waals surface area (Å²) in [7, 11) is 3.11. The van der Waals surface area contributed by atoms with Gasteiger partial charge in [-0.3, -0.25) is 4.79 Å². The molecule has 3 aromatic rings. The molecule has 0 aliphatic heterocycles. The number of hydrogen-bond acceptors (Lipinski definition) is 4. The molecule has 0 saturated heterocycles. The quantitative estimate of drug-likeness (QED) is 0.635. The first-order valence-electron chi connectivity index (χ1n) is 8.06. The van der Waals surface area contributed by atoms with Gasteiger partial charge in [-0.15, -0.1) is 6.42 Å². The smallest absolute Gasteiger partial charge is 0.252 e. The first kappa shape index (κ1) is 18.7.